The van der Waals surface area contributed by atoms with Gasteiger partial charge in [-0.1, -0.05) is 214 Å². The van der Waals surface area contributed by atoms with Crippen LogP contribution in [0.4, 0.5) is 0 Å². The Balaban J connectivity index is 4.15. The van der Waals surface area contributed by atoms with Crippen LogP contribution in [0.15, 0.2) is 0 Å². The van der Waals surface area contributed by atoms with Gasteiger partial charge in [0.2, 0.25) is 0 Å². The fourth-order valence-electron chi connectivity index (χ4n) is 6.77. The Hall–Kier alpha value is -1.59. The van der Waals surface area contributed by atoms with E-state index in [1.165, 1.54) is 141 Å². The van der Waals surface area contributed by atoms with Crippen LogP contribution in [-0.4, -0.2) is 37.2 Å². The van der Waals surface area contributed by atoms with E-state index in [0.717, 1.165) is 70.1 Å². The smallest absolute Gasteiger partial charge is 0.306 e. The Morgan fingerprint density at radius 3 is 1.00 bits per heavy atom. The Morgan fingerprint density at radius 2 is 0.673 bits per heavy atom. The first-order valence-corrected chi connectivity index (χ1v) is 22.9. The van der Waals surface area contributed by atoms with E-state index in [1.54, 1.807) is 0 Å². The Bertz CT molecular complexity index is 783. The molecule has 0 aliphatic heterocycles. The molecule has 6 nitrogen and oxygen atoms in total. The van der Waals surface area contributed by atoms with Crippen molar-refractivity contribution in [2.45, 2.75) is 259 Å². The van der Waals surface area contributed by atoms with E-state index in [2.05, 4.69) is 27.7 Å². The lowest BCUT2D eigenvalue weighted by Crippen LogP contribution is -2.30. The lowest BCUT2D eigenvalue weighted by molar-refractivity contribution is -0.167. The zero-order valence-corrected chi connectivity index (χ0v) is 35.3. The third-order valence-corrected chi connectivity index (χ3v) is 10.7. The largest absolute Gasteiger partial charge is 0.462 e. The molecule has 0 fully saturated rings. The quantitative estimate of drug-likeness (QED) is 0.0353. The van der Waals surface area contributed by atoms with Gasteiger partial charge in [0.25, 0.3) is 0 Å². The average Bonchev–Trinajstić information content (AvgIpc) is 3.14. The molecule has 0 saturated heterocycles. The summed E-state index contributed by atoms with van der Waals surface area (Å²) >= 11 is 0. The lowest BCUT2D eigenvalue weighted by Gasteiger charge is -2.18. The van der Waals surface area contributed by atoms with Gasteiger partial charge in [-0.2, -0.15) is 0 Å². The number of esters is 3. The highest BCUT2D eigenvalue weighted by Gasteiger charge is 2.19. The van der Waals surface area contributed by atoms with Crippen molar-refractivity contribution in [3.8, 4) is 0 Å². The highest BCUT2D eigenvalue weighted by molar-refractivity contribution is 5.71. The van der Waals surface area contributed by atoms with Gasteiger partial charge in [0.1, 0.15) is 13.2 Å². The minimum absolute atomic E-state index is 0.0647. The summed E-state index contributed by atoms with van der Waals surface area (Å²) in [4.78, 5) is 37.4. The molecule has 0 N–H and O–H groups in total. The van der Waals surface area contributed by atoms with E-state index in [0.29, 0.717) is 19.3 Å². The highest BCUT2D eigenvalue weighted by Crippen LogP contribution is 2.17. The van der Waals surface area contributed by atoms with Gasteiger partial charge in [-0.25, -0.2) is 0 Å². The van der Waals surface area contributed by atoms with Crippen molar-refractivity contribution in [2.75, 3.05) is 13.2 Å². The molecule has 6 heteroatoms. The predicted octanol–water partition coefficient (Wildman–Crippen LogP) is 14.3. The van der Waals surface area contributed by atoms with Crippen molar-refractivity contribution in [3.05, 3.63) is 0 Å². The summed E-state index contributed by atoms with van der Waals surface area (Å²) in [5, 5.41) is 0. The third kappa shape index (κ3) is 38.1. The summed E-state index contributed by atoms with van der Waals surface area (Å²) in [5.41, 5.74) is 0. The summed E-state index contributed by atoms with van der Waals surface area (Å²) in [5.74, 6) is 0.0263. The van der Waals surface area contributed by atoms with Gasteiger partial charge in [0.15, 0.2) is 6.10 Å². The minimum atomic E-state index is -0.757. The summed E-state index contributed by atoms with van der Waals surface area (Å²) in [7, 11) is 0. The van der Waals surface area contributed by atoms with Crippen LogP contribution in [0, 0.1) is 5.92 Å². The number of ether oxygens (including phenoxy) is 3. The molecule has 2 atom stereocenters. The maximum absolute atomic E-state index is 12.7. The topological polar surface area (TPSA) is 78.9 Å². The summed E-state index contributed by atoms with van der Waals surface area (Å²) in [6.07, 6.45) is 39.7. The highest BCUT2D eigenvalue weighted by atomic mass is 16.6. The molecule has 0 radical (unpaired) electrons. The molecule has 0 bridgehead atoms. The Labute approximate surface area is 323 Å². The van der Waals surface area contributed by atoms with Crippen molar-refractivity contribution in [1.82, 2.24) is 0 Å². The molecule has 0 aliphatic rings. The molecular formula is C46H88O6. The van der Waals surface area contributed by atoms with E-state index in [4.69, 9.17) is 14.2 Å². The second kappa shape index (κ2) is 40.6. The summed E-state index contributed by atoms with van der Waals surface area (Å²) in [6.45, 7) is 8.96. The van der Waals surface area contributed by atoms with Crippen LogP contribution in [0.1, 0.15) is 252 Å². The van der Waals surface area contributed by atoms with E-state index in [-0.39, 0.29) is 31.1 Å². The molecule has 0 heterocycles. The fraction of sp³-hybridized carbons (Fsp3) is 0.935. The first-order valence-electron chi connectivity index (χ1n) is 22.9. The van der Waals surface area contributed by atoms with Crippen LogP contribution in [0.5, 0.6) is 0 Å². The molecule has 0 aromatic heterocycles. The molecule has 1 unspecified atom stereocenters. The number of rotatable bonds is 41. The average molecular weight is 737 g/mol. The second-order valence-corrected chi connectivity index (χ2v) is 15.9. The van der Waals surface area contributed by atoms with Gasteiger partial charge < -0.3 is 14.2 Å². The molecular weight excluding hydrogens is 648 g/mol. The van der Waals surface area contributed by atoms with Crippen molar-refractivity contribution in [2.24, 2.45) is 5.92 Å². The summed E-state index contributed by atoms with van der Waals surface area (Å²) < 4.78 is 16.6. The van der Waals surface area contributed by atoms with E-state index in [9.17, 15) is 14.4 Å². The third-order valence-electron chi connectivity index (χ3n) is 10.7. The Morgan fingerprint density at radius 1 is 0.385 bits per heavy atom. The first-order chi connectivity index (χ1) is 25.4. The van der Waals surface area contributed by atoms with Gasteiger partial charge >= 0.3 is 17.9 Å². The zero-order valence-electron chi connectivity index (χ0n) is 35.3. The maximum Gasteiger partial charge on any atom is 0.306 e. The molecule has 52 heavy (non-hydrogen) atoms. The van der Waals surface area contributed by atoms with E-state index >= 15 is 0 Å². The van der Waals surface area contributed by atoms with Crippen molar-refractivity contribution < 1.29 is 28.6 Å². The van der Waals surface area contributed by atoms with Gasteiger partial charge in [0, 0.05) is 19.3 Å². The minimum Gasteiger partial charge on any atom is -0.462 e. The molecule has 0 rings (SSSR count). The zero-order chi connectivity index (χ0) is 38.2. The second-order valence-electron chi connectivity index (χ2n) is 15.9. The monoisotopic (exact) mass is 737 g/mol. The number of hydrogen-bond donors (Lipinski definition) is 0. The van der Waals surface area contributed by atoms with Crippen LogP contribution >= 0.6 is 0 Å². The van der Waals surface area contributed by atoms with Gasteiger partial charge in [-0.15, -0.1) is 0 Å². The van der Waals surface area contributed by atoms with Gasteiger partial charge in [-0.05, 0) is 25.2 Å². The van der Waals surface area contributed by atoms with Crippen molar-refractivity contribution in [3.63, 3.8) is 0 Å². The molecule has 0 aromatic carbocycles. The van der Waals surface area contributed by atoms with E-state index in [1.807, 2.05) is 0 Å². The number of carbonyl (C=O) groups excluding carboxylic acids is 3. The van der Waals surface area contributed by atoms with Gasteiger partial charge in [0.05, 0.1) is 0 Å². The molecule has 0 saturated carbocycles. The van der Waals surface area contributed by atoms with Crippen molar-refractivity contribution >= 4 is 17.9 Å². The normalized spacial score (nSPS) is 12.5. The standard InChI is InChI=1S/C46H88O6/c1-5-8-10-12-13-14-19-23-26-30-34-38-45(48)51-41-43(40-50-44(47)37-33-28-11-9-6-2)52-46(49)39-35-31-27-24-21-18-16-15-17-20-22-25-29-32-36-42(4)7-3/h42-43H,5-41H2,1-4H3/t42?,43-/m0/s1. The van der Waals surface area contributed by atoms with Gasteiger partial charge in [-0.3, -0.25) is 14.4 Å². The van der Waals surface area contributed by atoms with Crippen molar-refractivity contribution in [1.29, 1.82) is 0 Å². The molecule has 0 aromatic rings. The number of hydrogen-bond acceptors (Lipinski definition) is 6. The maximum atomic E-state index is 12.7. The number of carbonyl (C=O) groups is 3. The van der Waals surface area contributed by atoms with E-state index < -0.39 is 6.10 Å². The SMILES string of the molecule is CCCCCCCCCCCCCC(=O)OC[C@H](COC(=O)CCCCCCC)OC(=O)CCCCCCCCCCCCCCCCC(C)CC. The van der Waals surface area contributed by atoms with Crippen LogP contribution in [0.25, 0.3) is 0 Å². The fourth-order valence-corrected chi connectivity index (χ4v) is 6.77. The lowest BCUT2D eigenvalue weighted by atomic mass is 9.99. The first kappa shape index (κ1) is 50.4. The predicted molar refractivity (Wildman–Crippen MR) is 220 cm³/mol. The van der Waals surface area contributed by atoms with Crippen LogP contribution in [-0.2, 0) is 28.6 Å². The van der Waals surface area contributed by atoms with Crippen LogP contribution in [0.2, 0.25) is 0 Å². The molecule has 0 spiro atoms. The summed E-state index contributed by atoms with van der Waals surface area (Å²) in [6, 6.07) is 0. The Kier molecular flexibility index (Phi) is 39.4. The molecule has 308 valence electrons. The van der Waals surface area contributed by atoms with Crippen LogP contribution in [0.3, 0.4) is 0 Å². The van der Waals surface area contributed by atoms with Crippen LogP contribution < -0.4 is 0 Å². The number of unbranched alkanes of at least 4 members (excludes halogenated alkanes) is 27. The molecule has 0 aliphatic carbocycles. The molecule has 0 amide bonds.